The van der Waals surface area contributed by atoms with Crippen molar-refractivity contribution in [2.75, 3.05) is 13.6 Å². The molecule has 72 valence electrons. The van der Waals surface area contributed by atoms with Crippen molar-refractivity contribution in [1.82, 2.24) is 5.32 Å². The molecule has 0 heterocycles. The van der Waals surface area contributed by atoms with Crippen LogP contribution < -0.4 is 5.32 Å². The summed E-state index contributed by atoms with van der Waals surface area (Å²) in [5.74, 6) is 0. The van der Waals surface area contributed by atoms with Crippen molar-refractivity contribution in [3.05, 3.63) is 34.3 Å². The zero-order chi connectivity index (χ0) is 9.68. The van der Waals surface area contributed by atoms with Gasteiger partial charge in [0.1, 0.15) is 0 Å². The van der Waals surface area contributed by atoms with E-state index >= 15 is 0 Å². The van der Waals surface area contributed by atoms with Gasteiger partial charge in [-0.3, -0.25) is 0 Å². The minimum absolute atomic E-state index is 0.877. The van der Waals surface area contributed by atoms with Gasteiger partial charge in [0.05, 0.1) is 0 Å². The number of nitrogens with one attached hydrogen (secondary N) is 1. The lowest BCUT2D eigenvalue weighted by atomic mass is 10.1. The lowest BCUT2D eigenvalue weighted by Crippen LogP contribution is -2.08. The van der Waals surface area contributed by atoms with Crippen LogP contribution in [0.3, 0.4) is 0 Å². The summed E-state index contributed by atoms with van der Waals surface area (Å²) >= 11 is 6.01. The Hall–Kier alpha value is -0.530. The van der Waals surface area contributed by atoms with Crippen LogP contribution in [0.5, 0.6) is 0 Å². The first-order valence-electron chi connectivity index (χ1n) is 4.63. The van der Waals surface area contributed by atoms with Crippen LogP contribution in [-0.4, -0.2) is 13.6 Å². The van der Waals surface area contributed by atoms with Crippen LogP contribution in [0.2, 0.25) is 5.02 Å². The standard InChI is InChI=1S/C11H16ClN/c1-9-5-6-10(8-11(9)12)4-3-7-13-2/h5-6,8,13H,3-4,7H2,1-2H3. The zero-order valence-corrected chi connectivity index (χ0v) is 8.99. The van der Waals surface area contributed by atoms with E-state index in [0.29, 0.717) is 0 Å². The van der Waals surface area contributed by atoms with E-state index in [1.807, 2.05) is 14.0 Å². The first kappa shape index (κ1) is 10.6. The number of aryl methyl sites for hydroxylation is 2. The molecule has 0 aliphatic heterocycles. The summed E-state index contributed by atoms with van der Waals surface area (Å²) < 4.78 is 0. The lowest BCUT2D eigenvalue weighted by molar-refractivity contribution is 0.725. The van der Waals surface area contributed by atoms with Gasteiger partial charge in [0.25, 0.3) is 0 Å². The minimum atomic E-state index is 0.877. The van der Waals surface area contributed by atoms with Gasteiger partial charge < -0.3 is 5.32 Å². The van der Waals surface area contributed by atoms with Crippen molar-refractivity contribution in [1.29, 1.82) is 0 Å². The van der Waals surface area contributed by atoms with Gasteiger partial charge in [0, 0.05) is 5.02 Å². The molecule has 0 spiro atoms. The van der Waals surface area contributed by atoms with Gasteiger partial charge in [0.2, 0.25) is 0 Å². The molecule has 0 aliphatic rings. The summed E-state index contributed by atoms with van der Waals surface area (Å²) in [6.45, 7) is 3.09. The van der Waals surface area contributed by atoms with Gasteiger partial charge >= 0.3 is 0 Å². The van der Waals surface area contributed by atoms with Gasteiger partial charge in [-0.25, -0.2) is 0 Å². The summed E-state index contributed by atoms with van der Waals surface area (Å²) in [6, 6.07) is 6.29. The first-order valence-corrected chi connectivity index (χ1v) is 5.01. The van der Waals surface area contributed by atoms with E-state index in [1.54, 1.807) is 0 Å². The molecule has 1 N–H and O–H groups in total. The highest BCUT2D eigenvalue weighted by molar-refractivity contribution is 6.31. The van der Waals surface area contributed by atoms with Crippen molar-refractivity contribution in [2.45, 2.75) is 19.8 Å². The molecule has 0 amide bonds. The Kier molecular flexibility index (Phi) is 4.26. The molecule has 0 aliphatic carbocycles. The van der Waals surface area contributed by atoms with Crippen molar-refractivity contribution in [3.8, 4) is 0 Å². The number of rotatable bonds is 4. The molecule has 0 unspecified atom stereocenters. The van der Waals surface area contributed by atoms with E-state index in [4.69, 9.17) is 11.6 Å². The fourth-order valence-electron chi connectivity index (χ4n) is 1.26. The average molecular weight is 198 g/mol. The first-order chi connectivity index (χ1) is 6.24. The second-order valence-electron chi connectivity index (χ2n) is 3.29. The molecule has 0 saturated carbocycles. The molecule has 1 rings (SSSR count). The third-order valence-corrected chi connectivity index (χ3v) is 2.54. The molecule has 2 heteroatoms. The zero-order valence-electron chi connectivity index (χ0n) is 8.23. The van der Waals surface area contributed by atoms with Gasteiger partial charge in [-0.05, 0) is 50.6 Å². The fraction of sp³-hybridized carbons (Fsp3) is 0.455. The summed E-state index contributed by atoms with van der Waals surface area (Å²) in [5, 5.41) is 4.01. The van der Waals surface area contributed by atoms with Gasteiger partial charge in [-0.15, -0.1) is 0 Å². The van der Waals surface area contributed by atoms with Crippen molar-refractivity contribution >= 4 is 11.6 Å². The highest BCUT2D eigenvalue weighted by Gasteiger charge is 1.97. The second kappa shape index (κ2) is 5.25. The number of hydrogen-bond donors (Lipinski definition) is 1. The molecular formula is C11H16ClN. The molecule has 0 fully saturated rings. The largest absolute Gasteiger partial charge is 0.320 e. The summed E-state index contributed by atoms with van der Waals surface area (Å²) in [5.41, 5.74) is 2.48. The SMILES string of the molecule is CNCCCc1ccc(C)c(Cl)c1. The molecule has 13 heavy (non-hydrogen) atoms. The Balaban J connectivity index is 2.53. The lowest BCUT2D eigenvalue weighted by Gasteiger charge is -2.03. The Bertz CT molecular complexity index is 271. The molecule has 0 radical (unpaired) electrons. The monoisotopic (exact) mass is 197 g/mol. The molecular weight excluding hydrogens is 182 g/mol. The van der Waals surface area contributed by atoms with Crippen molar-refractivity contribution in [2.24, 2.45) is 0 Å². The van der Waals surface area contributed by atoms with Crippen molar-refractivity contribution in [3.63, 3.8) is 0 Å². The maximum atomic E-state index is 6.01. The molecule has 1 aromatic carbocycles. The summed E-state index contributed by atoms with van der Waals surface area (Å²) in [7, 11) is 1.97. The number of hydrogen-bond acceptors (Lipinski definition) is 1. The van der Waals surface area contributed by atoms with Gasteiger partial charge in [-0.1, -0.05) is 23.7 Å². The average Bonchev–Trinajstić information content (AvgIpc) is 2.12. The number of halogens is 1. The predicted octanol–water partition coefficient (Wildman–Crippen LogP) is 2.80. The van der Waals surface area contributed by atoms with Gasteiger partial charge in [0.15, 0.2) is 0 Å². The van der Waals surface area contributed by atoms with E-state index in [1.165, 1.54) is 5.56 Å². The minimum Gasteiger partial charge on any atom is -0.320 e. The number of benzene rings is 1. The van der Waals surface area contributed by atoms with Crippen LogP contribution >= 0.6 is 11.6 Å². The Morgan fingerprint density at radius 1 is 1.38 bits per heavy atom. The van der Waals surface area contributed by atoms with E-state index in [9.17, 15) is 0 Å². The maximum absolute atomic E-state index is 6.01. The maximum Gasteiger partial charge on any atom is 0.0437 e. The Morgan fingerprint density at radius 3 is 2.77 bits per heavy atom. The molecule has 1 nitrogen and oxygen atoms in total. The summed E-state index contributed by atoms with van der Waals surface area (Å²) in [6.07, 6.45) is 2.26. The second-order valence-corrected chi connectivity index (χ2v) is 3.70. The van der Waals surface area contributed by atoms with Crippen LogP contribution in [0.15, 0.2) is 18.2 Å². The highest BCUT2D eigenvalue weighted by Crippen LogP contribution is 2.17. The van der Waals surface area contributed by atoms with Gasteiger partial charge in [-0.2, -0.15) is 0 Å². The van der Waals surface area contributed by atoms with Crippen LogP contribution in [-0.2, 0) is 6.42 Å². The quantitative estimate of drug-likeness (QED) is 0.733. The molecule has 0 atom stereocenters. The van der Waals surface area contributed by atoms with E-state index < -0.39 is 0 Å². The normalized spacial score (nSPS) is 10.4. The van der Waals surface area contributed by atoms with Crippen LogP contribution in [0.25, 0.3) is 0 Å². The van der Waals surface area contributed by atoms with E-state index in [0.717, 1.165) is 30.0 Å². The molecule has 0 aromatic heterocycles. The molecule has 0 bridgehead atoms. The third kappa shape index (κ3) is 3.37. The van der Waals surface area contributed by atoms with Crippen LogP contribution in [0, 0.1) is 6.92 Å². The van der Waals surface area contributed by atoms with Crippen LogP contribution in [0.1, 0.15) is 17.5 Å². The Labute approximate surface area is 85.1 Å². The topological polar surface area (TPSA) is 12.0 Å². The third-order valence-electron chi connectivity index (χ3n) is 2.13. The van der Waals surface area contributed by atoms with E-state index in [2.05, 4.69) is 23.5 Å². The Morgan fingerprint density at radius 2 is 2.15 bits per heavy atom. The predicted molar refractivity (Wildman–Crippen MR) is 58.4 cm³/mol. The smallest absolute Gasteiger partial charge is 0.0437 e. The van der Waals surface area contributed by atoms with Crippen molar-refractivity contribution < 1.29 is 0 Å². The fourth-order valence-corrected chi connectivity index (χ4v) is 1.46. The highest BCUT2D eigenvalue weighted by atomic mass is 35.5. The summed E-state index contributed by atoms with van der Waals surface area (Å²) in [4.78, 5) is 0. The van der Waals surface area contributed by atoms with E-state index in [-0.39, 0.29) is 0 Å². The van der Waals surface area contributed by atoms with Crippen LogP contribution in [0.4, 0.5) is 0 Å². The molecule has 1 aromatic rings. The molecule has 0 saturated heterocycles.